The van der Waals surface area contributed by atoms with Gasteiger partial charge in [0.15, 0.2) is 0 Å². The van der Waals surface area contributed by atoms with Crippen LogP contribution in [0.15, 0.2) is 18.2 Å². The van der Waals surface area contributed by atoms with Crippen molar-refractivity contribution in [2.24, 2.45) is 23.2 Å². The minimum Gasteiger partial charge on any atom is -0.496 e. The minimum absolute atomic E-state index is 0.755. The van der Waals surface area contributed by atoms with Crippen molar-refractivity contribution in [3.8, 4) is 5.75 Å². The zero-order chi connectivity index (χ0) is 15.9. The molecular weight excluding hydrogens is 279 g/mol. The summed E-state index contributed by atoms with van der Waals surface area (Å²) >= 11 is 0. The zero-order valence-electron chi connectivity index (χ0n) is 14.9. The minimum atomic E-state index is 0.755. The predicted molar refractivity (Wildman–Crippen MR) is 99.3 cm³/mol. The molecule has 124 valence electrons. The monoisotopic (exact) mass is 310 g/mol. The molecule has 5 rings (SSSR count). The molecule has 0 heterocycles. The second-order valence-electron chi connectivity index (χ2n) is 8.94. The van der Waals surface area contributed by atoms with Gasteiger partial charge in [-0.25, -0.2) is 0 Å². The molecule has 0 atom stereocenters. The van der Waals surface area contributed by atoms with E-state index in [2.05, 4.69) is 26.0 Å². The van der Waals surface area contributed by atoms with Gasteiger partial charge < -0.3 is 4.74 Å². The fourth-order valence-corrected chi connectivity index (χ4v) is 6.51. The van der Waals surface area contributed by atoms with Crippen molar-refractivity contribution in [1.29, 1.82) is 0 Å². The Morgan fingerprint density at radius 1 is 1.04 bits per heavy atom. The van der Waals surface area contributed by atoms with Crippen molar-refractivity contribution in [3.63, 3.8) is 0 Å². The molecule has 4 bridgehead atoms. The van der Waals surface area contributed by atoms with Crippen molar-refractivity contribution in [1.82, 2.24) is 0 Å². The van der Waals surface area contributed by atoms with Crippen LogP contribution in [0.25, 0.3) is 0 Å². The molecule has 0 unspecified atom stereocenters. The highest BCUT2D eigenvalue weighted by molar-refractivity contribution is 6.32. The van der Waals surface area contributed by atoms with Gasteiger partial charge >= 0.3 is 0 Å². The van der Waals surface area contributed by atoms with E-state index in [0.29, 0.717) is 0 Å². The first-order chi connectivity index (χ1) is 11.2. The lowest BCUT2D eigenvalue weighted by Crippen LogP contribution is -2.45. The summed E-state index contributed by atoms with van der Waals surface area (Å²) in [6.45, 7) is 0. The fourth-order valence-electron chi connectivity index (χ4n) is 6.51. The highest BCUT2D eigenvalue weighted by Gasteiger charge is 2.50. The molecule has 0 saturated heterocycles. The molecule has 1 nitrogen and oxygen atoms in total. The van der Waals surface area contributed by atoms with E-state index in [1.165, 1.54) is 36.7 Å². The topological polar surface area (TPSA) is 9.23 Å². The summed E-state index contributed by atoms with van der Waals surface area (Å²) in [6.07, 6.45) is 14.8. The number of aryl methyl sites for hydroxylation is 1. The summed E-state index contributed by atoms with van der Waals surface area (Å²) in [4.78, 5) is 0. The molecule has 4 aliphatic carbocycles. The third kappa shape index (κ3) is 3.19. The maximum Gasteiger partial charge on any atom is 0.139 e. The van der Waals surface area contributed by atoms with Crippen LogP contribution in [0.2, 0.25) is 0 Å². The standard InChI is InChI=1S/C21H31BO/c1-23-20-6-5-19(22)11-18(20)4-2-3-7-21-12-15-8-16(13-21)10-17(9-15)14-21/h5-6,11,15-17H,2-4,7-10,12-14,22H2,1H3. The number of hydrogen-bond acceptors (Lipinski definition) is 1. The first-order valence-corrected chi connectivity index (χ1v) is 9.79. The average molecular weight is 310 g/mol. The Hall–Kier alpha value is -0.915. The number of ether oxygens (including phenoxy) is 1. The Balaban J connectivity index is 1.32. The molecular formula is C21H31BO. The first-order valence-electron chi connectivity index (χ1n) is 9.79. The van der Waals surface area contributed by atoms with E-state index in [0.717, 1.165) is 28.9 Å². The van der Waals surface area contributed by atoms with Gasteiger partial charge in [0, 0.05) is 0 Å². The maximum atomic E-state index is 5.53. The number of methoxy groups -OCH3 is 1. The van der Waals surface area contributed by atoms with E-state index < -0.39 is 0 Å². The molecule has 1 aromatic rings. The lowest BCUT2D eigenvalue weighted by atomic mass is 9.48. The summed E-state index contributed by atoms with van der Waals surface area (Å²) in [5.41, 5.74) is 3.51. The first kappa shape index (κ1) is 15.6. The maximum absolute atomic E-state index is 5.53. The summed E-state index contributed by atoms with van der Waals surface area (Å²) < 4.78 is 5.53. The van der Waals surface area contributed by atoms with Crippen molar-refractivity contribution in [2.75, 3.05) is 7.11 Å². The SMILES string of the molecule is Bc1ccc(OC)c(CCCCC23CC4CC(CC(C4)C2)C3)c1. The van der Waals surface area contributed by atoms with Crippen molar-refractivity contribution in [3.05, 3.63) is 23.8 Å². The average Bonchev–Trinajstić information content (AvgIpc) is 2.50. The Morgan fingerprint density at radius 2 is 1.70 bits per heavy atom. The van der Waals surface area contributed by atoms with Crippen LogP contribution in [-0.2, 0) is 6.42 Å². The van der Waals surface area contributed by atoms with Crippen LogP contribution >= 0.6 is 0 Å². The van der Waals surface area contributed by atoms with Crippen LogP contribution in [-0.4, -0.2) is 15.0 Å². The second kappa shape index (κ2) is 6.18. The Morgan fingerprint density at radius 3 is 2.30 bits per heavy atom. The van der Waals surface area contributed by atoms with Gasteiger partial charge in [0.25, 0.3) is 0 Å². The molecule has 0 aliphatic heterocycles. The number of unbranched alkanes of at least 4 members (excludes halogenated alkanes) is 1. The smallest absolute Gasteiger partial charge is 0.139 e. The Bertz CT molecular complexity index is 530. The van der Waals surface area contributed by atoms with E-state index in [9.17, 15) is 0 Å². The molecule has 23 heavy (non-hydrogen) atoms. The fraction of sp³-hybridized carbons (Fsp3) is 0.714. The van der Waals surface area contributed by atoms with E-state index in [1.807, 2.05) is 0 Å². The Labute approximate surface area is 142 Å². The van der Waals surface area contributed by atoms with Crippen LogP contribution in [0, 0.1) is 23.2 Å². The van der Waals surface area contributed by atoms with Crippen LogP contribution < -0.4 is 10.2 Å². The number of rotatable bonds is 6. The lowest BCUT2D eigenvalue weighted by molar-refractivity contribution is -0.0582. The summed E-state index contributed by atoms with van der Waals surface area (Å²) in [5, 5.41) is 0. The molecule has 4 saturated carbocycles. The highest BCUT2D eigenvalue weighted by atomic mass is 16.5. The van der Waals surface area contributed by atoms with Gasteiger partial charge in [0.1, 0.15) is 13.6 Å². The highest BCUT2D eigenvalue weighted by Crippen LogP contribution is 2.61. The molecule has 0 aromatic heterocycles. The van der Waals surface area contributed by atoms with Crippen LogP contribution in [0.4, 0.5) is 0 Å². The van der Waals surface area contributed by atoms with Crippen molar-refractivity contribution in [2.45, 2.75) is 64.2 Å². The molecule has 2 heteroatoms. The van der Waals surface area contributed by atoms with Gasteiger partial charge in [-0.05, 0) is 92.6 Å². The number of hydrogen-bond donors (Lipinski definition) is 0. The van der Waals surface area contributed by atoms with Gasteiger partial charge in [0.05, 0.1) is 7.11 Å². The molecule has 0 spiro atoms. The molecule has 4 aliphatic rings. The largest absolute Gasteiger partial charge is 0.496 e. The Kier molecular flexibility index (Phi) is 4.20. The summed E-state index contributed by atoms with van der Waals surface area (Å²) in [6, 6.07) is 6.59. The van der Waals surface area contributed by atoms with Gasteiger partial charge in [-0.1, -0.05) is 24.0 Å². The molecule has 0 N–H and O–H groups in total. The normalized spacial score (nSPS) is 34.7. The summed E-state index contributed by atoms with van der Waals surface area (Å²) in [5.74, 6) is 4.36. The van der Waals surface area contributed by atoms with E-state index in [-0.39, 0.29) is 0 Å². The van der Waals surface area contributed by atoms with E-state index >= 15 is 0 Å². The lowest BCUT2D eigenvalue weighted by Gasteiger charge is -2.57. The van der Waals surface area contributed by atoms with Crippen LogP contribution in [0.5, 0.6) is 5.75 Å². The summed E-state index contributed by atoms with van der Waals surface area (Å²) in [7, 11) is 3.97. The van der Waals surface area contributed by atoms with Gasteiger partial charge in [-0.2, -0.15) is 0 Å². The van der Waals surface area contributed by atoms with Crippen LogP contribution in [0.3, 0.4) is 0 Å². The van der Waals surface area contributed by atoms with Gasteiger partial charge in [-0.15, -0.1) is 0 Å². The van der Waals surface area contributed by atoms with Crippen LogP contribution in [0.1, 0.15) is 63.4 Å². The quantitative estimate of drug-likeness (QED) is 0.572. The van der Waals surface area contributed by atoms with E-state index in [1.54, 1.807) is 45.6 Å². The van der Waals surface area contributed by atoms with Gasteiger partial charge in [-0.3, -0.25) is 0 Å². The molecule has 0 radical (unpaired) electrons. The van der Waals surface area contributed by atoms with Crippen molar-refractivity contribution < 1.29 is 4.74 Å². The van der Waals surface area contributed by atoms with Crippen molar-refractivity contribution >= 4 is 13.3 Å². The molecule has 0 amide bonds. The third-order valence-corrected chi connectivity index (χ3v) is 7.00. The van der Waals surface area contributed by atoms with E-state index in [4.69, 9.17) is 4.74 Å². The third-order valence-electron chi connectivity index (χ3n) is 7.00. The van der Waals surface area contributed by atoms with Gasteiger partial charge in [0.2, 0.25) is 0 Å². The molecule has 4 fully saturated rings. The number of benzene rings is 1. The second-order valence-corrected chi connectivity index (χ2v) is 8.94. The zero-order valence-corrected chi connectivity index (χ0v) is 14.9. The molecule has 1 aromatic carbocycles. The predicted octanol–water partition coefficient (Wildman–Crippen LogP) is 3.88.